The van der Waals surface area contributed by atoms with Crippen LogP contribution in [-0.4, -0.2) is 16.3 Å². The molecule has 1 aromatic heterocycles. The standard InChI is InChI=1S/C7H2F3N3O3/c8-7(9,10)16-6-1-4(2-11)5(3-12-6)13(14)15/h1,3H. The Kier molecular flexibility index (Phi) is 2.94. The van der Waals surface area contributed by atoms with Gasteiger partial charge in [-0.25, -0.2) is 4.98 Å². The summed E-state index contributed by atoms with van der Waals surface area (Å²) in [4.78, 5) is 12.5. The second kappa shape index (κ2) is 4.01. The summed E-state index contributed by atoms with van der Waals surface area (Å²) in [6.45, 7) is 0. The number of pyridine rings is 1. The van der Waals surface area contributed by atoms with Crippen molar-refractivity contribution in [2.24, 2.45) is 0 Å². The molecule has 0 aromatic carbocycles. The van der Waals surface area contributed by atoms with Crippen LogP contribution in [-0.2, 0) is 0 Å². The van der Waals surface area contributed by atoms with Gasteiger partial charge in [0.1, 0.15) is 17.8 Å². The molecular formula is C7H2F3N3O3. The van der Waals surface area contributed by atoms with Gasteiger partial charge >= 0.3 is 12.0 Å². The van der Waals surface area contributed by atoms with Crippen molar-refractivity contribution < 1.29 is 22.8 Å². The first kappa shape index (κ1) is 11.7. The van der Waals surface area contributed by atoms with E-state index in [2.05, 4.69) is 9.72 Å². The van der Waals surface area contributed by atoms with Gasteiger partial charge in [0.15, 0.2) is 0 Å². The predicted molar refractivity (Wildman–Crippen MR) is 42.3 cm³/mol. The molecule has 0 aliphatic rings. The maximum Gasteiger partial charge on any atom is 0.574 e. The molecule has 1 rings (SSSR count). The van der Waals surface area contributed by atoms with E-state index in [9.17, 15) is 23.3 Å². The van der Waals surface area contributed by atoms with Crippen molar-refractivity contribution >= 4 is 5.69 Å². The Labute approximate surface area is 86.0 Å². The number of alkyl halides is 3. The van der Waals surface area contributed by atoms with E-state index in [4.69, 9.17) is 5.26 Å². The van der Waals surface area contributed by atoms with Crippen molar-refractivity contribution in [1.29, 1.82) is 5.26 Å². The lowest BCUT2D eigenvalue weighted by Gasteiger charge is -2.07. The molecule has 1 aromatic rings. The normalized spacial score (nSPS) is 10.6. The average Bonchev–Trinajstić information content (AvgIpc) is 2.14. The van der Waals surface area contributed by atoms with Gasteiger partial charge in [-0.2, -0.15) is 5.26 Å². The van der Waals surface area contributed by atoms with Gasteiger partial charge < -0.3 is 4.74 Å². The van der Waals surface area contributed by atoms with E-state index in [1.54, 1.807) is 0 Å². The highest BCUT2D eigenvalue weighted by atomic mass is 19.4. The zero-order valence-electron chi connectivity index (χ0n) is 7.35. The highest BCUT2D eigenvalue weighted by Crippen LogP contribution is 2.25. The first-order valence-corrected chi connectivity index (χ1v) is 3.64. The number of nitrogens with zero attached hydrogens (tertiary/aromatic N) is 3. The van der Waals surface area contributed by atoms with Gasteiger partial charge in [0.2, 0.25) is 5.88 Å². The van der Waals surface area contributed by atoms with Crippen molar-refractivity contribution in [3.8, 4) is 11.9 Å². The summed E-state index contributed by atoms with van der Waals surface area (Å²) in [7, 11) is 0. The van der Waals surface area contributed by atoms with Crippen LogP contribution >= 0.6 is 0 Å². The molecule has 0 amide bonds. The van der Waals surface area contributed by atoms with Gasteiger partial charge in [0.05, 0.1) is 4.92 Å². The topological polar surface area (TPSA) is 89.0 Å². The highest BCUT2D eigenvalue weighted by Gasteiger charge is 2.32. The largest absolute Gasteiger partial charge is 0.574 e. The Morgan fingerprint density at radius 1 is 1.56 bits per heavy atom. The molecule has 0 spiro atoms. The summed E-state index contributed by atoms with van der Waals surface area (Å²) in [6, 6.07) is 1.92. The lowest BCUT2D eigenvalue weighted by atomic mass is 10.2. The van der Waals surface area contributed by atoms with E-state index in [1.165, 1.54) is 6.07 Å². The smallest absolute Gasteiger partial charge is 0.388 e. The third-order valence-corrected chi connectivity index (χ3v) is 1.40. The Hall–Kier alpha value is -2.37. The highest BCUT2D eigenvalue weighted by molar-refractivity contribution is 5.48. The number of halogens is 3. The van der Waals surface area contributed by atoms with E-state index >= 15 is 0 Å². The summed E-state index contributed by atoms with van der Waals surface area (Å²) in [5, 5.41) is 18.8. The second-order valence-electron chi connectivity index (χ2n) is 2.46. The van der Waals surface area contributed by atoms with Gasteiger partial charge in [0.25, 0.3) is 0 Å². The molecule has 1 heterocycles. The Balaban J connectivity index is 3.11. The molecular weight excluding hydrogens is 231 g/mol. The first-order chi connectivity index (χ1) is 7.33. The zero-order valence-corrected chi connectivity index (χ0v) is 7.35. The quantitative estimate of drug-likeness (QED) is 0.573. The third-order valence-electron chi connectivity index (χ3n) is 1.40. The number of ether oxygens (including phenoxy) is 1. The first-order valence-electron chi connectivity index (χ1n) is 3.64. The van der Waals surface area contributed by atoms with E-state index in [0.717, 1.165) is 0 Å². The minimum absolute atomic E-state index is 0.527. The molecule has 0 fully saturated rings. The lowest BCUT2D eigenvalue weighted by Crippen LogP contribution is -2.18. The molecule has 0 saturated heterocycles. The fourth-order valence-corrected chi connectivity index (χ4v) is 0.838. The SMILES string of the molecule is N#Cc1cc(OC(F)(F)F)ncc1[N+](=O)[O-]. The van der Waals surface area contributed by atoms with Crippen LogP contribution in [0.3, 0.4) is 0 Å². The fraction of sp³-hybridized carbons (Fsp3) is 0.143. The maximum atomic E-state index is 11.8. The molecule has 0 bridgehead atoms. The summed E-state index contributed by atoms with van der Waals surface area (Å²) in [6.07, 6.45) is -4.44. The molecule has 0 radical (unpaired) electrons. The van der Waals surface area contributed by atoms with Crippen molar-refractivity contribution in [2.45, 2.75) is 6.36 Å². The van der Waals surface area contributed by atoms with Crippen LogP contribution in [0.5, 0.6) is 5.88 Å². The molecule has 0 N–H and O–H groups in total. The molecule has 0 aliphatic heterocycles. The number of hydrogen-bond acceptors (Lipinski definition) is 5. The fourth-order valence-electron chi connectivity index (χ4n) is 0.838. The number of rotatable bonds is 2. The molecule has 16 heavy (non-hydrogen) atoms. The molecule has 0 atom stereocenters. The second-order valence-corrected chi connectivity index (χ2v) is 2.46. The van der Waals surface area contributed by atoms with Crippen LogP contribution in [0, 0.1) is 21.4 Å². The van der Waals surface area contributed by atoms with Crippen LogP contribution in [0.2, 0.25) is 0 Å². The Morgan fingerprint density at radius 2 is 2.19 bits per heavy atom. The lowest BCUT2D eigenvalue weighted by molar-refractivity contribution is -0.385. The maximum absolute atomic E-state index is 11.8. The zero-order chi connectivity index (χ0) is 12.3. The number of hydrogen-bond donors (Lipinski definition) is 0. The number of nitro groups is 1. The van der Waals surface area contributed by atoms with Crippen molar-refractivity contribution in [2.75, 3.05) is 0 Å². The molecule has 0 aliphatic carbocycles. The summed E-state index contributed by atoms with van der Waals surface area (Å²) < 4.78 is 38.7. The minimum atomic E-state index is -4.96. The molecule has 84 valence electrons. The minimum Gasteiger partial charge on any atom is -0.388 e. The van der Waals surface area contributed by atoms with Crippen LogP contribution < -0.4 is 4.74 Å². The summed E-state index contributed by atoms with van der Waals surface area (Å²) in [5.74, 6) is -0.922. The van der Waals surface area contributed by atoms with Gasteiger partial charge in [0, 0.05) is 6.07 Å². The summed E-state index contributed by atoms with van der Waals surface area (Å²) >= 11 is 0. The molecule has 0 unspecified atom stereocenters. The Morgan fingerprint density at radius 3 is 2.62 bits per heavy atom. The van der Waals surface area contributed by atoms with Crippen LogP contribution in [0.1, 0.15) is 5.56 Å². The Bertz CT molecular complexity index is 466. The van der Waals surface area contributed by atoms with Crippen LogP contribution in [0.25, 0.3) is 0 Å². The summed E-state index contributed by atoms with van der Waals surface area (Å²) in [5.41, 5.74) is -1.24. The van der Waals surface area contributed by atoms with Crippen molar-refractivity contribution in [3.63, 3.8) is 0 Å². The average molecular weight is 233 g/mol. The van der Waals surface area contributed by atoms with Gasteiger partial charge in [-0.1, -0.05) is 0 Å². The van der Waals surface area contributed by atoms with E-state index in [-0.39, 0.29) is 0 Å². The molecule has 9 heteroatoms. The van der Waals surface area contributed by atoms with Gasteiger partial charge in [-0.05, 0) is 0 Å². The number of aromatic nitrogens is 1. The van der Waals surface area contributed by atoms with Gasteiger partial charge in [-0.3, -0.25) is 10.1 Å². The van der Waals surface area contributed by atoms with Crippen LogP contribution in [0.15, 0.2) is 12.3 Å². The molecule has 0 saturated carbocycles. The predicted octanol–water partition coefficient (Wildman–Crippen LogP) is 1.76. The van der Waals surface area contributed by atoms with Crippen LogP contribution in [0.4, 0.5) is 18.9 Å². The van der Waals surface area contributed by atoms with E-state index < -0.39 is 28.4 Å². The monoisotopic (exact) mass is 233 g/mol. The third kappa shape index (κ3) is 2.81. The molecule has 6 nitrogen and oxygen atoms in total. The van der Waals surface area contributed by atoms with E-state index in [0.29, 0.717) is 12.3 Å². The van der Waals surface area contributed by atoms with Crippen molar-refractivity contribution in [1.82, 2.24) is 4.98 Å². The van der Waals surface area contributed by atoms with Crippen molar-refractivity contribution in [3.05, 3.63) is 27.9 Å². The van der Waals surface area contributed by atoms with Gasteiger partial charge in [-0.15, -0.1) is 13.2 Å². The van der Waals surface area contributed by atoms with E-state index in [1.807, 2.05) is 0 Å². The number of nitriles is 1.